The molecule has 1 aromatic rings. The van der Waals surface area contributed by atoms with Crippen molar-refractivity contribution in [2.45, 2.75) is 0 Å². The molecule has 1 heterocycles. The van der Waals surface area contributed by atoms with Gasteiger partial charge >= 0.3 is 0 Å². The van der Waals surface area contributed by atoms with E-state index in [1.807, 2.05) is 6.07 Å². The van der Waals surface area contributed by atoms with Crippen molar-refractivity contribution in [3.63, 3.8) is 0 Å². The number of hydrogen-bond donors (Lipinski definition) is 0. The number of aromatic nitrogens is 2. The van der Waals surface area contributed by atoms with Crippen LogP contribution in [0.3, 0.4) is 0 Å². The van der Waals surface area contributed by atoms with Gasteiger partial charge in [0.15, 0.2) is 0 Å². The molecule has 0 bridgehead atoms. The van der Waals surface area contributed by atoms with Crippen molar-refractivity contribution in [2.75, 3.05) is 13.6 Å². The lowest BCUT2D eigenvalue weighted by molar-refractivity contribution is 0.0811. The van der Waals surface area contributed by atoms with Crippen molar-refractivity contribution in [3.05, 3.63) is 24.3 Å². The van der Waals surface area contributed by atoms with Crippen LogP contribution in [-0.2, 0) is 0 Å². The molecule has 5 nitrogen and oxygen atoms in total. The van der Waals surface area contributed by atoms with E-state index < -0.39 is 0 Å². The van der Waals surface area contributed by atoms with Gasteiger partial charge < -0.3 is 4.90 Å². The third kappa shape index (κ3) is 2.24. The van der Waals surface area contributed by atoms with Gasteiger partial charge in [-0.15, -0.1) is 0 Å². The number of nitriles is 1. The van der Waals surface area contributed by atoms with Crippen LogP contribution in [0.1, 0.15) is 10.4 Å². The summed E-state index contributed by atoms with van der Waals surface area (Å²) in [5, 5.41) is 8.36. The van der Waals surface area contributed by atoms with Gasteiger partial charge in [-0.3, -0.25) is 4.79 Å². The molecule has 5 heteroatoms. The molecular formula is C8H8N4O. The fraction of sp³-hybridized carbons (Fsp3) is 0.250. The van der Waals surface area contributed by atoms with Crippen LogP contribution in [0.2, 0.25) is 0 Å². The summed E-state index contributed by atoms with van der Waals surface area (Å²) >= 11 is 0. The SMILES string of the molecule is CN(CC#N)C(=O)c1cncnc1. The van der Waals surface area contributed by atoms with E-state index in [2.05, 4.69) is 9.97 Å². The fourth-order valence-corrected chi connectivity index (χ4v) is 0.808. The van der Waals surface area contributed by atoms with Gasteiger partial charge in [0, 0.05) is 19.4 Å². The Morgan fingerprint density at radius 2 is 2.23 bits per heavy atom. The zero-order valence-corrected chi connectivity index (χ0v) is 7.14. The molecule has 0 N–H and O–H groups in total. The molecule has 0 aliphatic heterocycles. The third-order valence-electron chi connectivity index (χ3n) is 1.46. The second-order valence-electron chi connectivity index (χ2n) is 2.45. The standard InChI is InChI=1S/C8H8N4O/c1-12(3-2-9)8(13)7-4-10-6-11-5-7/h4-6H,3H2,1H3. The first-order valence-electron chi connectivity index (χ1n) is 3.63. The molecule has 13 heavy (non-hydrogen) atoms. The van der Waals surface area contributed by atoms with E-state index >= 15 is 0 Å². The Morgan fingerprint density at radius 3 is 2.77 bits per heavy atom. The van der Waals surface area contributed by atoms with E-state index in [9.17, 15) is 4.79 Å². The van der Waals surface area contributed by atoms with Gasteiger partial charge in [0.25, 0.3) is 5.91 Å². The number of carbonyl (C=O) groups is 1. The zero-order valence-electron chi connectivity index (χ0n) is 7.14. The predicted molar refractivity (Wildman–Crippen MR) is 44.6 cm³/mol. The summed E-state index contributed by atoms with van der Waals surface area (Å²) in [4.78, 5) is 20.1. The quantitative estimate of drug-likeness (QED) is 0.598. The molecule has 1 rings (SSSR count). The van der Waals surface area contributed by atoms with Crippen LogP contribution >= 0.6 is 0 Å². The van der Waals surface area contributed by atoms with Crippen LogP contribution in [0.5, 0.6) is 0 Å². The van der Waals surface area contributed by atoms with Gasteiger partial charge in [0.2, 0.25) is 0 Å². The van der Waals surface area contributed by atoms with E-state index in [1.165, 1.54) is 23.6 Å². The number of rotatable bonds is 2. The van der Waals surface area contributed by atoms with E-state index in [0.717, 1.165) is 0 Å². The van der Waals surface area contributed by atoms with Gasteiger partial charge in [-0.2, -0.15) is 5.26 Å². The summed E-state index contributed by atoms with van der Waals surface area (Å²) < 4.78 is 0. The Labute approximate surface area is 75.6 Å². The maximum absolute atomic E-state index is 11.4. The largest absolute Gasteiger partial charge is 0.328 e. The van der Waals surface area contributed by atoms with Crippen molar-refractivity contribution >= 4 is 5.91 Å². The zero-order chi connectivity index (χ0) is 9.68. The van der Waals surface area contributed by atoms with Gasteiger partial charge in [-0.05, 0) is 0 Å². The average molecular weight is 176 g/mol. The minimum atomic E-state index is -0.248. The maximum atomic E-state index is 11.4. The first-order chi connectivity index (χ1) is 6.25. The van der Waals surface area contributed by atoms with Gasteiger partial charge in [0.1, 0.15) is 12.9 Å². The lowest BCUT2D eigenvalue weighted by atomic mass is 10.3. The molecule has 0 fully saturated rings. The molecule has 0 radical (unpaired) electrons. The summed E-state index contributed by atoms with van der Waals surface area (Å²) in [5.74, 6) is -0.248. The molecule has 1 aromatic heterocycles. The average Bonchev–Trinajstić information content (AvgIpc) is 2.18. The van der Waals surface area contributed by atoms with Crippen LogP contribution in [0.25, 0.3) is 0 Å². The Morgan fingerprint density at radius 1 is 1.62 bits per heavy atom. The monoisotopic (exact) mass is 176 g/mol. The highest BCUT2D eigenvalue weighted by atomic mass is 16.2. The molecular weight excluding hydrogens is 168 g/mol. The fourth-order valence-electron chi connectivity index (χ4n) is 0.808. The van der Waals surface area contributed by atoms with E-state index in [0.29, 0.717) is 5.56 Å². The van der Waals surface area contributed by atoms with Crippen LogP contribution in [0.15, 0.2) is 18.7 Å². The van der Waals surface area contributed by atoms with Crippen molar-refractivity contribution in [1.82, 2.24) is 14.9 Å². The molecule has 0 aromatic carbocycles. The van der Waals surface area contributed by atoms with E-state index in [-0.39, 0.29) is 12.5 Å². The molecule has 0 unspecified atom stereocenters. The summed E-state index contributed by atoms with van der Waals surface area (Å²) in [5.41, 5.74) is 0.389. The smallest absolute Gasteiger partial charge is 0.257 e. The Hall–Kier alpha value is -1.96. The van der Waals surface area contributed by atoms with Crippen molar-refractivity contribution < 1.29 is 4.79 Å². The maximum Gasteiger partial charge on any atom is 0.257 e. The lowest BCUT2D eigenvalue weighted by Crippen LogP contribution is -2.27. The second-order valence-corrected chi connectivity index (χ2v) is 2.45. The van der Waals surface area contributed by atoms with Crippen LogP contribution in [0, 0.1) is 11.3 Å². The van der Waals surface area contributed by atoms with Crippen LogP contribution in [-0.4, -0.2) is 34.4 Å². The summed E-state index contributed by atoms with van der Waals surface area (Å²) in [6.07, 6.45) is 4.19. The normalized spacial score (nSPS) is 8.92. The first kappa shape index (κ1) is 9.13. The van der Waals surface area contributed by atoms with Gasteiger partial charge in [-0.1, -0.05) is 0 Å². The topological polar surface area (TPSA) is 69.9 Å². The van der Waals surface area contributed by atoms with Crippen LogP contribution in [0.4, 0.5) is 0 Å². The highest BCUT2D eigenvalue weighted by molar-refractivity contribution is 5.93. The minimum Gasteiger partial charge on any atom is -0.328 e. The molecule has 0 atom stereocenters. The molecule has 66 valence electrons. The molecule has 0 saturated carbocycles. The predicted octanol–water partition coefficient (Wildman–Crippen LogP) is 0.0722. The highest BCUT2D eigenvalue weighted by Crippen LogP contribution is 1.98. The summed E-state index contributed by atoms with van der Waals surface area (Å²) in [7, 11) is 1.55. The molecule has 1 amide bonds. The number of hydrogen-bond acceptors (Lipinski definition) is 4. The lowest BCUT2D eigenvalue weighted by Gasteiger charge is -2.11. The van der Waals surface area contributed by atoms with Gasteiger partial charge in [0.05, 0.1) is 11.6 Å². The Kier molecular flexibility index (Phi) is 2.92. The number of nitrogens with zero attached hydrogens (tertiary/aromatic N) is 4. The molecule has 0 spiro atoms. The molecule has 0 saturated heterocycles. The van der Waals surface area contributed by atoms with Crippen LogP contribution < -0.4 is 0 Å². The summed E-state index contributed by atoms with van der Waals surface area (Å²) in [6.45, 7) is 0.0632. The van der Waals surface area contributed by atoms with Crippen molar-refractivity contribution in [1.29, 1.82) is 5.26 Å². The number of amides is 1. The third-order valence-corrected chi connectivity index (χ3v) is 1.46. The second kappa shape index (κ2) is 4.16. The van der Waals surface area contributed by atoms with Crippen molar-refractivity contribution in [3.8, 4) is 6.07 Å². The number of carbonyl (C=O) groups excluding carboxylic acids is 1. The van der Waals surface area contributed by atoms with E-state index in [1.54, 1.807) is 7.05 Å². The van der Waals surface area contributed by atoms with E-state index in [4.69, 9.17) is 5.26 Å². The Bertz CT molecular complexity index is 330. The Balaban J connectivity index is 2.75. The first-order valence-corrected chi connectivity index (χ1v) is 3.63. The van der Waals surface area contributed by atoms with Crippen molar-refractivity contribution in [2.24, 2.45) is 0 Å². The van der Waals surface area contributed by atoms with Gasteiger partial charge in [-0.25, -0.2) is 9.97 Å². The molecule has 0 aliphatic rings. The highest BCUT2D eigenvalue weighted by Gasteiger charge is 2.10. The molecule has 0 aliphatic carbocycles. The summed E-state index contributed by atoms with van der Waals surface area (Å²) in [6, 6.07) is 1.88. The minimum absolute atomic E-state index is 0.0632.